The molecule has 0 aliphatic carbocycles. The predicted octanol–water partition coefficient (Wildman–Crippen LogP) is 3.93. The number of rotatable bonds is 5. The summed E-state index contributed by atoms with van der Waals surface area (Å²) in [5.41, 5.74) is 0.722. The zero-order valence-electron chi connectivity index (χ0n) is 10.5. The van der Waals surface area contributed by atoms with Crippen LogP contribution in [0.15, 0.2) is 28.7 Å². The Morgan fingerprint density at radius 2 is 2.11 bits per heavy atom. The van der Waals surface area contributed by atoms with Gasteiger partial charge in [-0.1, -0.05) is 18.5 Å². The SMILES string of the molecule is CCOC(CC)C(O)c1cc2cc(Cl)ccc2o1. The molecule has 0 spiro atoms. The van der Waals surface area contributed by atoms with Crippen molar-refractivity contribution in [2.45, 2.75) is 32.5 Å². The Kier molecular flexibility index (Phi) is 4.27. The average molecular weight is 269 g/mol. The van der Waals surface area contributed by atoms with Crippen LogP contribution in [0.5, 0.6) is 0 Å². The number of furan rings is 1. The van der Waals surface area contributed by atoms with Gasteiger partial charge in [0.1, 0.15) is 17.4 Å². The molecule has 18 heavy (non-hydrogen) atoms. The normalized spacial score (nSPS) is 14.9. The molecule has 0 saturated carbocycles. The van der Waals surface area contributed by atoms with Gasteiger partial charge in [0.15, 0.2) is 0 Å². The Morgan fingerprint density at radius 1 is 1.33 bits per heavy atom. The molecule has 0 radical (unpaired) electrons. The van der Waals surface area contributed by atoms with Gasteiger partial charge in [0.2, 0.25) is 0 Å². The molecule has 0 aliphatic heterocycles. The van der Waals surface area contributed by atoms with E-state index in [0.29, 0.717) is 17.4 Å². The van der Waals surface area contributed by atoms with Crippen molar-refractivity contribution in [2.24, 2.45) is 0 Å². The summed E-state index contributed by atoms with van der Waals surface area (Å²) >= 11 is 5.92. The van der Waals surface area contributed by atoms with Crippen LogP contribution in [0.25, 0.3) is 11.0 Å². The lowest BCUT2D eigenvalue weighted by atomic mass is 10.1. The number of halogens is 1. The van der Waals surface area contributed by atoms with E-state index in [1.165, 1.54) is 0 Å². The Hall–Kier alpha value is -1.03. The molecule has 0 amide bonds. The molecular formula is C14H17ClO3. The van der Waals surface area contributed by atoms with Crippen LogP contribution in [0.3, 0.4) is 0 Å². The molecule has 1 N–H and O–H groups in total. The Labute approximate surface area is 111 Å². The summed E-state index contributed by atoms with van der Waals surface area (Å²) in [6.07, 6.45) is -0.264. The molecular weight excluding hydrogens is 252 g/mol. The van der Waals surface area contributed by atoms with Crippen molar-refractivity contribution < 1.29 is 14.3 Å². The molecule has 1 heterocycles. The number of aliphatic hydroxyl groups is 1. The van der Waals surface area contributed by atoms with Crippen LogP contribution in [0.4, 0.5) is 0 Å². The quantitative estimate of drug-likeness (QED) is 0.893. The lowest BCUT2D eigenvalue weighted by Crippen LogP contribution is -2.21. The summed E-state index contributed by atoms with van der Waals surface area (Å²) in [6.45, 7) is 4.46. The molecule has 3 nitrogen and oxygen atoms in total. The fourth-order valence-electron chi connectivity index (χ4n) is 2.01. The smallest absolute Gasteiger partial charge is 0.138 e. The van der Waals surface area contributed by atoms with Crippen LogP contribution < -0.4 is 0 Å². The van der Waals surface area contributed by atoms with Gasteiger partial charge < -0.3 is 14.3 Å². The van der Waals surface area contributed by atoms with Gasteiger partial charge in [0.25, 0.3) is 0 Å². The van der Waals surface area contributed by atoms with Crippen LogP contribution in [-0.2, 0) is 4.74 Å². The van der Waals surface area contributed by atoms with Gasteiger partial charge >= 0.3 is 0 Å². The number of fused-ring (bicyclic) bond motifs is 1. The van der Waals surface area contributed by atoms with E-state index in [-0.39, 0.29) is 6.10 Å². The van der Waals surface area contributed by atoms with E-state index in [9.17, 15) is 5.11 Å². The van der Waals surface area contributed by atoms with E-state index in [1.54, 1.807) is 12.1 Å². The first kappa shape index (κ1) is 13.4. The van der Waals surface area contributed by atoms with Crippen LogP contribution in [0.2, 0.25) is 5.02 Å². The van der Waals surface area contributed by atoms with Crippen molar-refractivity contribution >= 4 is 22.6 Å². The second kappa shape index (κ2) is 5.74. The van der Waals surface area contributed by atoms with Crippen molar-refractivity contribution in [1.29, 1.82) is 0 Å². The zero-order chi connectivity index (χ0) is 13.1. The number of ether oxygens (including phenoxy) is 1. The van der Waals surface area contributed by atoms with Crippen LogP contribution in [-0.4, -0.2) is 17.8 Å². The lowest BCUT2D eigenvalue weighted by molar-refractivity contribution is -0.0435. The Balaban J connectivity index is 2.29. The summed E-state index contributed by atoms with van der Waals surface area (Å²) in [6, 6.07) is 7.20. The van der Waals surface area contributed by atoms with Gasteiger partial charge in [-0.15, -0.1) is 0 Å². The van der Waals surface area contributed by atoms with E-state index in [0.717, 1.165) is 17.4 Å². The highest BCUT2D eigenvalue weighted by Crippen LogP contribution is 2.29. The van der Waals surface area contributed by atoms with Crippen molar-refractivity contribution in [3.05, 3.63) is 35.0 Å². The Morgan fingerprint density at radius 3 is 2.78 bits per heavy atom. The molecule has 98 valence electrons. The van der Waals surface area contributed by atoms with Crippen molar-refractivity contribution in [3.63, 3.8) is 0 Å². The third kappa shape index (κ3) is 2.69. The molecule has 0 saturated heterocycles. The van der Waals surface area contributed by atoms with Gasteiger partial charge in [-0.25, -0.2) is 0 Å². The second-order valence-corrected chi connectivity index (χ2v) is 4.61. The molecule has 1 aromatic carbocycles. The summed E-state index contributed by atoms with van der Waals surface area (Å²) in [5, 5.41) is 11.8. The molecule has 0 aliphatic rings. The van der Waals surface area contributed by atoms with Crippen molar-refractivity contribution in [1.82, 2.24) is 0 Å². The molecule has 1 aromatic heterocycles. The maximum absolute atomic E-state index is 10.2. The third-order valence-corrected chi connectivity index (χ3v) is 3.16. The number of aliphatic hydroxyl groups excluding tert-OH is 1. The minimum Gasteiger partial charge on any atom is -0.458 e. The topological polar surface area (TPSA) is 42.6 Å². The molecule has 4 heteroatoms. The van der Waals surface area contributed by atoms with E-state index < -0.39 is 6.10 Å². The molecule has 0 bridgehead atoms. The summed E-state index contributed by atoms with van der Waals surface area (Å²) in [5.74, 6) is 0.521. The van der Waals surface area contributed by atoms with Crippen molar-refractivity contribution in [2.75, 3.05) is 6.61 Å². The number of hydrogen-bond donors (Lipinski definition) is 1. The van der Waals surface area contributed by atoms with Crippen LogP contribution in [0, 0.1) is 0 Å². The van der Waals surface area contributed by atoms with Gasteiger partial charge in [-0.2, -0.15) is 0 Å². The standard InChI is InChI=1S/C14H17ClO3/c1-3-11(17-4-2)14(16)13-8-9-7-10(15)5-6-12(9)18-13/h5-8,11,14,16H,3-4H2,1-2H3. The highest BCUT2D eigenvalue weighted by molar-refractivity contribution is 6.31. The number of hydrogen-bond acceptors (Lipinski definition) is 3. The number of benzene rings is 1. The van der Waals surface area contributed by atoms with Crippen LogP contribution in [0.1, 0.15) is 32.1 Å². The summed E-state index contributed by atoms with van der Waals surface area (Å²) < 4.78 is 11.1. The minimum absolute atomic E-state index is 0.244. The third-order valence-electron chi connectivity index (χ3n) is 2.92. The molecule has 0 fully saturated rings. The second-order valence-electron chi connectivity index (χ2n) is 4.18. The Bertz CT molecular complexity index is 521. The van der Waals surface area contributed by atoms with E-state index in [2.05, 4.69) is 0 Å². The first-order valence-corrected chi connectivity index (χ1v) is 6.52. The maximum atomic E-state index is 10.2. The van der Waals surface area contributed by atoms with Crippen molar-refractivity contribution in [3.8, 4) is 0 Å². The zero-order valence-corrected chi connectivity index (χ0v) is 11.3. The maximum Gasteiger partial charge on any atom is 0.138 e. The highest BCUT2D eigenvalue weighted by Gasteiger charge is 2.23. The largest absolute Gasteiger partial charge is 0.458 e. The monoisotopic (exact) mass is 268 g/mol. The van der Waals surface area contributed by atoms with Crippen LogP contribution >= 0.6 is 11.6 Å². The van der Waals surface area contributed by atoms with E-state index >= 15 is 0 Å². The van der Waals surface area contributed by atoms with E-state index in [1.807, 2.05) is 26.0 Å². The first-order valence-electron chi connectivity index (χ1n) is 6.14. The molecule has 2 aromatic rings. The molecule has 2 rings (SSSR count). The summed E-state index contributed by atoms with van der Waals surface area (Å²) in [7, 11) is 0. The van der Waals surface area contributed by atoms with Gasteiger partial charge in [0.05, 0.1) is 6.10 Å². The lowest BCUT2D eigenvalue weighted by Gasteiger charge is -2.19. The van der Waals surface area contributed by atoms with E-state index in [4.69, 9.17) is 20.8 Å². The van der Waals surface area contributed by atoms with Gasteiger partial charge in [-0.3, -0.25) is 0 Å². The fraction of sp³-hybridized carbons (Fsp3) is 0.429. The summed E-state index contributed by atoms with van der Waals surface area (Å²) in [4.78, 5) is 0. The predicted molar refractivity (Wildman–Crippen MR) is 71.9 cm³/mol. The minimum atomic E-state index is -0.749. The van der Waals surface area contributed by atoms with Gasteiger partial charge in [-0.05, 0) is 37.6 Å². The van der Waals surface area contributed by atoms with Gasteiger partial charge in [0, 0.05) is 17.0 Å². The molecule has 2 atom stereocenters. The average Bonchev–Trinajstić information content (AvgIpc) is 2.77. The molecule has 2 unspecified atom stereocenters. The fourth-order valence-corrected chi connectivity index (χ4v) is 2.19. The first-order chi connectivity index (χ1) is 8.65. The highest BCUT2D eigenvalue weighted by atomic mass is 35.5.